The molecule has 6 heteroatoms. The van der Waals surface area contributed by atoms with Gasteiger partial charge in [-0.05, 0) is 48.9 Å². The predicted octanol–water partition coefficient (Wildman–Crippen LogP) is 1.31. The van der Waals surface area contributed by atoms with E-state index in [0.29, 0.717) is 11.7 Å². The van der Waals surface area contributed by atoms with E-state index in [4.69, 9.17) is 10.4 Å². The molecular weight excluding hydrogens is 241 g/mol. The zero-order valence-corrected chi connectivity index (χ0v) is 10.9. The largest absolute Gasteiger partial charge is 0.552 e. The van der Waals surface area contributed by atoms with Gasteiger partial charge in [0.15, 0.2) is 0 Å². The summed E-state index contributed by atoms with van der Waals surface area (Å²) in [6.07, 6.45) is 5.51. The summed E-state index contributed by atoms with van der Waals surface area (Å²) in [5, 5.41) is 15.7. The molecule has 1 aromatic heterocycles. The van der Waals surface area contributed by atoms with E-state index in [2.05, 4.69) is 10.2 Å². The third kappa shape index (κ3) is 2.29. The SMILES string of the molecule is Cc1cc[nH][nH]cc2c1C(C1CC(N)C1)=CB(O)O2. The molecule has 2 heterocycles. The van der Waals surface area contributed by atoms with E-state index in [1.807, 2.05) is 19.2 Å². The first-order valence-electron chi connectivity index (χ1n) is 6.56. The molecule has 0 unspecified atom stereocenters. The standard InChI is InChI=1S/C13H18BN3O2/c1-8-2-3-16-17-7-12-13(8)11(6-14(18)19-12)9-4-10(15)5-9/h2-3,6-7,9-10,16-18H,4-5,15H2,1H3. The molecule has 100 valence electrons. The summed E-state index contributed by atoms with van der Waals surface area (Å²) in [4.78, 5) is 0. The molecule has 1 fully saturated rings. The van der Waals surface area contributed by atoms with E-state index < -0.39 is 7.12 Å². The van der Waals surface area contributed by atoms with Crippen molar-refractivity contribution >= 4 is 12.7 Å². The highest BCUT2D eigenvalue weighted by Gasteiger charge is 2.35. The van der Waals surface area contributed by atoms with E-state index in [1.54, 1.807) is 12.2 Å². The first kappa shape index (κ1) is 12.4. The number of rotatable bonds is 1. The smallest absolute Gasteiger partial charge is 0.531 e. The highest BCUT2D eigenvalue weighted by atomic mass is 16.5. The molecule has 1 aliphatic heterocycles. The molecule has 0 radical (unpaired) electrons. The van der Waals surface area contributed by atoms with Crippen molar-refractivity contribution in [1.82, 2.24) is 10.2 Å². The molecular formula is C13H18BN3O2. The number of hydrogen-bond acceptors (Lipinski definition) is 3. The molecule has 1 aliphatic carbocycles. The van der Waals surface area contributed by atoms with Crippen molar-refractivity contribution in [2.24, 2.45) is 11.7 Å². The number of aryl methyl sites for hydroxylation is 1. The van der Waals surface area contributed by atoms with Gasteiger partial charge in [-0.1, -0.05) is 0 Å². The topological polar surface area (TPSA) is 87.1 Å². The third-order valence-electron chi connectivity index (χ3n) is 3.82. The van der Waals surface area contributed by atoms with Gasteiger partial charge in [0.05, 0.1) is 6.20 Å². The summed E-state index contributed by atoms with van der Waals surface area (Å²) in [7, 11) is -0.889. The maximum absolute atomic E-state index is 9.84. The number of fused-ring (bicyclic) bond motifs is 1. The summed E-state index contributed by atoms with van der Waals surface area (Å²) in [5.74, 6) is 2.89. The van der Waals surface area contributed by atoms with Crippen LogP contribution in [0.25, 0.3) is 5.57 Å². The molecule has 5 nitrogen and oxygen atoms in total. The van der Waals surface area contributed by atoms with Gasteiger partial charge in [0.2, 0.25) is 0 Å². The lowest BCUT2D eigenvalue weighted by atomic mass is 9.68. The van der Waals surface area contributed by atoms with E-state index in [-0.39, 0.29) is 6.04 Å². The number of aromatic nitrogens is 2. The van der Waals surface area contributed by atoms with Crippen molar-refractivity contribution in [1.29, 1.82) is 0 Å². The quantitative estimate of drug-likeness (QED) is 0.573. The van der Waals surface area contributed by atoms with Gasteiger partial charge in [0, 0.05) is 17.8 Å². The van der Waals surface area contributed by atoms with Crippen molar-refractivity contribution in [2.75, 3.05) is 0 Å². The molecule has 2 aliphatic rings. The average molecular weight is 259 g/mol. The summed E-state index contributed by atoms with van der Waals surface area (Å²) in [6, 6.07) is 2.27. The third-order valence-corrected chi connectivity index (χ3v) is 3.82. The Bertz CT molecular complexity index is 556. The van der Waals surface area contributed by atoms with Crippen LogP contribution in [0, 0.1) is 12.8 Å². The Morgan fingerprint density at radius 1 is 1.42 bits per heavy atom. The minimum absolute atomic E-state index is 0.281. The zero-order valence-electron chi connectivity index (χ0n) is 10.9. The number of nitrogens with two attached hydrogens (primary N) is 1. The predicted molar refractivity (Wildman–Crippen MR) is 74.8 cm³/mol. The van der Waals surface area contributed by atoms with E-state index in [9.17, 15) is 5.02 Å². The molecule has 0 spiro atoms. The second kappa shape index (κ2) is 4.79. The zero-order chi connectivity index (χ0) is 13.4. The van der Waals surface area contributed by atoms with Gasteiger partial charge < -0.3 is 25.6 Å². The molecule has 1 aromatic rings. The first-order chi connectivity index (χ1) is 9.15. The van der Waals surface area contributed by atoms with Crippen LogP contribution in [0.4, 0.5) is 0 Å². The van der Waals surface area contributed by atoms with Crippen LogP contribution in [0.15, 0.2) is 24.4 Å². The number of H-pyrrole nitrogens is 2. The fourth-order valence-electron chi connectivity index (χ4n) is 2.79. The van der Waals surface area contributed by atoms with Gasteiger partial charge in [-0.2, -0.15) is 0 Å². The molecule has 0 atom stereocenters. The number of hydrogen-bond donors (Lipinski definition) is 4. The molecule has 0 amide bonds. The maximum Gasteiger partial charge on any atom is 0.552 e. The Balaban J connectivity index is 2.10. The second-order valence-corrected chi connectivity index (χ2v) is 5.25. The molecule has 0 saturated heterocycles. The minimum Gasteiger partial charge on any atom is -0.531 e. The summed E-state index contributed by atoms with van der Waals surface area (Å²) < 4.78 is 5.49. The van der Waals surface area contributed by atoms with Crippen molar-refractivity contribution in [3.8, 4) is 5.75 Å². The lowest BCUT2D eigenvalue weighted by Crippen LogP contribution is -2.38. The van der Waals surface area contributed by atoms with Gasteiger partial charge in [-0.15, -0.1) is 0 Å². The van der Waals surface area contributed by atoms with Crippen LogP contribution in [0.5, 0.6) is 5.75 Å². The molecule has 1 saturated carbocycles. The van der Waals surface area contributed by atoms with Crippen molar-refractivity contribution < 1.29 is 9.68 Å². The average Bonchev–Trinajstić information content (AvgIpc) is 2.31. The van der Waals surface area contributed by atoms with Crippen molar-refractivity contribution in [2.45, 2.75) is 25.8 Å². The number of nitrogens with one attached hydrogen (secondary N) is 2. The van der Waals surface area contributed by atoms with Gasteiger partial charge in [0.25, 0.3) is 0 Å². The molecule has 0 bridgehead atoms. The van der Waals surface area contributed by atoms with Crippen LogP contribution in [0.1, 0.15) is 24.0 Å². The Kier molecular flexibility index (Phi) is 3.12. The monoisotopic (exact) mass is 259 g/mol. The van der Waals surface area contributed by atoms with E-state index in [1.165, 1.54) is 0 Å². The Labute approximate surface area is 112 Å². The molecule has 3 rings (SSSR count). The highest BCUT2D eigenvalue weighted by Crippen LogP contribution is 2.43. The van der Waals surface area contributed by atoms with Crippen molar-refractivity contribution in [3.63, 3.8) is 0 Å². The van der Waals surface area contributed by atoms with E-state index >= 15 is 0 Å². The van der Waals surface area contributed by atoms with Crippen molar-refractivity contribution in [3.05, 3.63) is 35.6 Å². The summed E-state index contributed by atoms with van der Waals surface area (Å²) in [6.45, 7) is 2.04. The van der Waals surface area contributed by atoms with Crippen LogP contribution in [-0.4, -0.2) is 28.4 Å². The fraction of sp³-hybridized carbons (Fsp3) is 0.385. The molecule has 0 aromatic carbocycles. The van der Waals surface area contributed by atoms with Gasteiger partial charge in [0.1, 0.15) is 5.75 Å². The Hall–Kier alpha value is -1.66. The second-order valence-electron chi connectivity index (χ2n) is 5.25. The van der Waals surface area contributed by atoms with Crippen LogP contribution in [0.2, 0.25) is 0 Å². The fourth-order valence-corrected chi connectivity index (χ4v) is 2.79. The Morgan fingerprint density at radius 3 is 2.95 bits per heavy atom. The van der Waals surface area contributed by atoms with Gasteiger partial charge in [-0.25, -0.2) is 0 Å². The first-order valence-corrected chi connectivity index (χ1v) is 6.56. The Morgan fingerprint density at radius 2 is 2.21 bits per heavy atom. The normalized spacial score (nSPS) is 24.8. The highest BCUT2D eigenvalue weighted by molar-refractivity contribution is 6.52. The lowest BCUT2D eigenvalue weighted by Gasteiger charge is -2.37. The van der Waals surface area contributed by atoms with Gasteiger partial charge in [-0.3, -0.25) is 0 Å². The van der Waals surface area contributed by atoms with Crippen LogP contribution in [0.3, 0.4) is 0 Å². The summed E-state index contributed by atoms with van der Waals surface area (Å²) >= 11 is 0. The van der Waals surface area contributed by atoms with E-state index in [0.717, 1.165) is 29.5 Å². The van der Waals surface area contributed by atoms with Gasteiger partial charge >= 0.3 is 7.12 Å². The lowest BCUT2D eigenvalue weighted by molar-refractivity contribution is 0.331. The van der Waals surface area contributed by atoms with Crippen LogP contribution < -0.4 is 10.4 Å². The van der Waals surface area contributed by atoms with Crippen LogP contribution >= 0.6 is 0 Å². The number of allylic oxidation sites excluding steroid dienone is 1. The molecule has 5 N–H and O–H groups in total. The van der Waals surface area contributed by atoms with Crippen LogP contribution in [-0.2, 0) is 0 Å². The maximum atomic E-state index is 9.84. The summed E-state index contributed by atoms with van der Waals surface area (Å²) in [5.41, 5.74) is 9.20. The number of aromatic amines is 2. The minimum atomic E-state index is -0.889. The molecule has 19 heavy (non-hydrogen) atoms.